The number of aliphatic hydroxyl groups is 1. The van der Waals surface area contributed by atoms with Crippen molar-refractivity contribution in [2.75, 3.05) is 32.6 Å². The molecule has 0 bridgehead atoms. The second-order valence-electron chi connectivity index (χ2n) is 4.09. The van der Waals surface area contributed by atoms with E-state index in [0.29, 0.717) is 6.61 Å². The minimum atomic E-state index is 0.241. The molecule has 1 rings (SSSR count). The number of aryl methyl sites for hydroxylation is 2. The van der Waals surface area contributed by atoms with Crippen molar-refractivity contribution in [2.45, 2.75) is 24.9 Å². The molecule has 1 aromatic rings. The summed E-state index contributed by atoms with van der Waals surface area (Å²) in [6.45, 7) is 4.64. The Morgan fingerprint density at radius 2 is 2.28 bits per heavy atom. The zero-order valence-corrected chi connectivity index (χ0v) is 12.2. The Balaban J connectivity index is 2.57. The molecule has 0 aliphatic rings. The number of hydrogen-bond donors (Lipinski definition) is 2. The summed E-state index contributed by atoms with van der Waals surface area (Å²) in [6.07, 6.45) is 0.811. The van der Waals surface area contributed by atoms with Crippen molar-refractivity contribution in [1.82, 2.24) is 15.1 Å². The van der Waals surface area contributed by atoms with Crippen LogP contribution in [0.15, 0.2) is 5.03 Å². The summed E-state index contributed by atoms with van der Waals surface area (Å²) in [7, 11) is 3.67. The van der Waals surface area contributed by atoms with Gasteiger partial charge < -0.3 is 15.2 Å². The molecular formula is C12H23N3O2S. The van der Waals surface area contributed by atoms with Gasteiger partial charge >= 0.3 is 0 Å². The van der Waals surface area contributed by atoms with E-state index in [1.54, 1.807) is 18.9 Å². The quantitative estimate of drug-likeness (QED) is 0.518. The van der Waals surface area contributed by atoms with Crippen LogP contribution in [0.4, 0.5) is 0 Å². The van der Waals surface area contributed by atoms with Crippen LogP contribution < -0.4 is 5.32 Å². The molecule has 1 heterocycles. The average molecular weight is 273 g/mol. The third-order valence-electron chi connectivity index (χ3n) is 2.61. The number of aromatic nitrogens is 2. The molecule has 0 fully saturated rings. The molecular weight excluding hydrogens is 250 g/mol. The molecule has 0 aromatic carbocycles. The Bertz CT molecular complexity index is 355. The Morgan fingerprint density at radius 1 is 1.50 bits per heavy atom. The maximum atomic E-state index is 8.83. The van der Waals surface area contributed by atoms with Gasteiger partial charge in [-0.1, -0.05) is 0 Å². The van der Waals surface area contributed by atoms with Crippen LogP contribution in [-0.2, 0) is 18.3 Å². The fourth-order valence-electron chi connectivity index (χ4n) is 1.69. The van der Waals surface area contributed by atoms with E-state index in [-0.39, 0.29) is 6.61 Å². The molecule has 1 aromatic heterocycles. The molecule has 0 amide bonds. The van der Waals surface area contributed by atoms with E-state index in [0.717, 1.165) is 31.0 Å². The zero-order valence-electron chi connectivity index (χ0n) is 11.4. The van der Waals surface area contributed by atoms with Gasteiger partial charge in [0.2, 0.25) is 0 Å². The zero-order chi connectivity index (χ0) is 13.4. The van der Waals surface area contributed by atoms with Crippen molar-refractivity contribution in [2.24, 2.45) is 7.05 Å². The summed E-state index contributed by atoms with van der Waals surface area (Å²) in [4.78, 5) is 0. The van der Waals surface area contributed by atoms with Gasteiger partial charge in [0.15, 0.2) is 0 Å². The maximum Gasteiger partial charge on any atom is 0.0984 e. The SMILES string of the molecule is COCCNCc1c(C)nn(C)c1SCCCO. The molecule has 0 aliphatic carbocycles. The highest BCUT2D eigenvalue weighted by atomic mass is 32.2. The van der Waals surface area contributed by atoms with Crippen molar-refractivity contribution >= 4 is 11.8 Å². The van der Waals surface area contributed by atoms with Crippen molar-refractivity contribution in [3.05, 3.63) is 11.3 Å². The Labute approximate surface area is 113 Å². The van der Waals surface area contributed by atoms with Crippen LogP contribution in [0.25, 0.3) is 0 Å². The Morgan fingerprint density at radius 3 is 2.94 bits per heavy atom. The van der Waals surface area contributed by atoms with E-state index < -0.39 is 0 Å². The third kappa shape index (κ3) is 4.61. The average Bonchev–Trinajstić information content (AvgIpc) is 2.61. The van der Waals surface area contributed by atoms with Crippen molar-refractivity contribution in [3.8, 4) is 0 Å². The highest BCUT2D eigenvalue weighted by molar-refractivity contribution is 7.99. The molecule has 0 unspecified atom stereocenters. The second-order valence-corrected chi connectivity index (χ2v) is 5.17. The fraction of sp³-hybridized carbons (Fsp3) is 0.750. The topological polar surface area (TPSA) is 59.3 Å². The van der Waals surface area contributed by atoms with E-state index in [9.17, 15) is 0 Å². The van der Waals surface area contributed by atoms with Gasteiger partial charge in [-0.2, -0.15) is 5.10 Å². The summed E-state index contributed by atoms with van der Waals surface area (Å²) in [6, 6.07) is 0. The van der Waals surface area contributed by atoms with Crippen LogP contribution in [0.2, 0.25) is 0 Å². The predicted octanol–water partition coefficient (Wildman–Crippen LogP) is 0.939. The standard InChI is InChI=1S/C12H23N3O2S/c1-10-11(9-13-5-7-17-3)12(15(2)14-10)18-8-4-6-16/h13,16H,4-9H2,1-3H3. The summed E-state index contributed by atoms with van der Waals surface area (Å²) >= 11 is 1.75. The minimum absolute atomic E-state index is 0.241. The number of methoxy groups -OCH3 is 1. The van der Waals surface area contributed by atoms with Crippen molar-refractivity contribution in [1.29, 1.82) is 0 Å². The number of thioether (sulfide) groups is 1. The number of nitrogens with one attached hydrogen (secondary N) is 1. The van der Waals surface area contributed by atoms with Gasteiger partial charge in [0, 0.05) is 45.2 Å². The number of rotatable bonds is 9. The normalized spacial score (nSPS) is 11.1. The van der Waals surface area contributed by atoms with Crippen LogP contribution in [0.5, 0.6) is 0 Å². The van der Waals surface area contributed by atoms with Crippen LogP contribution in [0.3, 0.4) is 0 Å². The van der Waals surface area contributed by atoms with Gasteiger partial charge in [0.25, 0.3) is 0 Å². The lowest BCUT2D eigenvalue weighted by atomic mass is 10.2. The predicted molar refractivity (Wildman–Crippen MR) is 74.0 cm³/mol. The van der Waals surface area contributed by atoms with Crippen molar-refractivity contribution in [3.63, 3.8) is 0 Å². The molecule has 18 heavy (non-hydrogen) atoms. The fourth-order valence-corrected chi connectivity index (χ4v) is 2.77. The highest BCUT2D eigenvalue weighted by Gasteiger charge is 2.12. The molecule has 2 N–H and O–H groups in total. The lowest BCUT2D eigenvalue weighted by molar-refractivity contribution is 0.199. The summed E-state index contributed by atoms with van der Waals surface area (Å²) in [5.74, 6) is 0.917. The number of nitrogens with zero attached hydrogens (tertiary/aromatic N) is 2. The molecule has 0 spiro atoms. The van der Waals surface area contributed by atoms with E-state index in [1.165, 1.54) is 10.6 Å². The van der Waals surface area contributed by atoms with Gasteiger partial charge in [0.1, 0.15) is 0 Å². The van der Waals surface area contributed by atoms with Gasteiger partial charge in [-0.3, -0.25) is 4.68 Å². The second kappa shape index (κ2) is 8.53. The van der Waals surface area contributed by atoms with Gasteiger partial charge in [-0.25, -0.2) is 0 Å². The van der Waals surface area contributed by atoms with E-state index in [1.807, 2.05) is 18.7 Å². The van der Waals surface area contributed by atoms with Crippen molar-refractivity contribution < 1.29 is 9.84 Å². The van der Waals surface area contributed by atoms with Crippen LogP contribution in [0, 0.1) is 6.92 Å². The molecule has 104 valence electrons. The van der Waals surface area contributed by atoms with Crippen LogP contribution in [0.1, 0.15) is 17.7 Å². The van der Waals surface area contributed by atoms with Gasteiger partial charge in [-0.05, 0) is 13.3 Å². The number of aliphatic hydroxyl groups excluding tert-OH is 1. The molecule has 5 nitrogen and oxygen atoms in total. The molecule has 0 aliphatic heterocycles. The lowest BCUT2D eigenvalue weighted by Crippen LogP contribution is -2.19. The molecule has 0 saturated carbocycles. The number of hydrogen-bond acceptors (Lipinski definition) is 5. The molecule has 6 heteroatoms. The first kappa shape index (κ1) is 15.5. The Hall–Kier alpha value is -0.560. The Kier molecular flexibility index (Phi) is 7.34. The summed E-state index contributed by atoms with van der Waals surface area (Å²) in [5.41, 5.74) is 2.31. The maximum absolute atomic E-state index is 8.83. The van der Waals surface area contributed by atoms with Gasteiger partial charge in [-0.15, -0.1) is 11.8 Å². The third-order valence-corrected chi connectivity index (χ3v) is 3.89. The highest BCUT2D eigenvalue weighted by Crippen LogP contribution is 2.25. The summed E-state index contributed by atoms with van der Waals surface area (Å²) < 4.78 is 6.93. The first-order valence-corrected chi connectivity index (χ1v) is 7.15. The first-order valence-electron chi connectivity index (χ1n) is 6.16. The molecule has 0 atom stereocenters. The first-order chi connectivity index (χ1) is 8.70. The molecule has 0 radical (unpaired) electrons. The van der Waals surface area contributed by atoms with E-state index in [2.05, 4.69) is 10.4 Å². The number of ether oxygens (including phenoxy) is 1. The largest absolute Gasteiger partial charge is 0.396 e. The van der Waals surface area contributed by atoms with E-state index >= 15 is 0 Å². The minimum Gasteiger partial charge on any atom is -0.396 e. The lowest BCUT2D eigenvalue weighted by Gasteiger charge is -2.07. The van der Waals surface area contributed by atoms with Gasteiger partial charge in [0.05, 0.1) is 17.3 Å². The van der Waals surface area contributed by atoms with E-state index in [4.69, 9.17) is 9.84 Å². The van der Waals surface area contributed by atoms with Crippen LogP contribution >= 0.6 is 11.8 Å². The molecule has 0 saturated heterocycles. The monoisotopic (exact) mass is 273 g/mol. The van der Waals surface area contributed by atoms with Crippen LogP contribution in [-0.4, -0.2) is 47.5 Å². The summed E-state index contributed by atoms with van der Waals surface area (Å²) in [5, 5.41) is 17.8. The smallest absolute Gasteiger partial charge is 0.0984 e.